The Hall–Kier alpha value is -4.17. The van der Waals surface area contributed by atoms with E-state index in [-0.39, 0.29) is 23.3 Å². The van der Waals surface area contributed by atoms with Crippen LogP contribution in [0.15, 0.2) is 42.5 Å². The molecule has 6 rings (SSSR count). The van der Waals surface area contributed by atoms with Crippen LogP contribution in [0, 0.1) is 0 Å². The van der Waals surface area contributed by atoms with Crippen LogP contribution in [0.1, 0.15) is 39.4 Å². The number of carbonyl (C=O) groups is 1. The predicted octanol–water partition coefficient (Wildman–Crippen LogP) is 5.35. The highest BCUT2D eigenvalue weighted by atomic mass is 16.5. The zero-order chi connectivity index (χ0) is 27.4. The van der Waals surface area contributed by atoms with E-state index < -0.39 is 5.97 Å². The summed E-state index contributed by atoms with van der Waals surface area (Å²) in [6.07, 6.45) is 1.62. The molecule has 39 heavy (non-hydrogen) atoms. The average Bonchev–Trinajstić information content (AvgIpc) is 3.37. The number of aromatic hydroxyl groups is 1. The third-order valence-corrected chi connectivity index (χ3v) is 8.41. The van der Waals surface area contributed by atoms with Crippen molar-refractivity contribution < 1.29 is 34.0 Å². The molecule has 0 bridgehead atoms. The van der Waals surface area contributed by atoms with E-state index in [0.717, 1.165) is 34.4 Å². The second-order valence-electron chi connectivity index (χ2n) is 10.2. The van der Waals surface area contributed by atoms with Gasteiger partial charge < -0.3 is 29.2 Å². The van der Waals surface area contributed by atoms with Crippen molar-refractivity contribution in [3.8, 4) is 28.7 Å². The van der Waals surface area contributed by atoms with Gasteiger partial charge in [0.05, 0.1) is 28.4 Å². The third kappa shape index (κ3) is 3.89. The monoisotopic (exact) mass is 529 g/mol. The Labute approximate surface area is 226 Å². The van der Waals surface area contributed by atoms with Gasteiger partial charge in [-0.25, -0.2) is 4.79 Å². The number of phenols is 1. The highest BCUT2D eigenvalue weighted by Crippen LogP contribution is 2.48. The van der Waals surface area contributed by atoms with Crippen molar-refractivity contribution in [3.63, 3.8) is 0 Å². The first-order valence-electron chi connectivity index (χ1n) is 12.9. The van der Waals surface area contributed by atoms with Crippen LogP contribution in [0.3, 0.4) is 0 Å². The number of carboxylic acids is 1. The van der Waals surface area contributed by atoms with Crippen LogP contribution in [0.25, 0.3) is 21.5 Å². The lowest BCUT2D eigenvalue weighted by Crippen LogP contribution is -2.35. The van der Waals surface area contributed by atoms with E-state index in [1.54, 1.807) is 34.5 Å². The molecule has 8 heteroatoms. The fraction of sp³-hybridized carbons (Fsp3) is 0.323. The molecule has 0 saturated carbocycles. The van der Waals surface area contributed by atoms with Gasteiger partial charge in [-0.3, -0.25) is 4.90 Å². The summed E-state index contributed by atoms with van der Waals surface area (Å²) in [6, 6.07) is 13.4. The largest absolute Gasteiger partial charge is 0.507 e. The fourth-order valence-corrected chi connectivity index (χ4v) is 6.63. The van der Waals surface area contributed by atoms with E-state index in [4.69, 9.17) is 18.9 Å². The summed E-state index contributed by atoms with van der Waals surface area (Å²) in [7, 11) is 6.55. The van der Waals surface area contributed by atoms with E-state index >= 15 is 0 Å². The van der Waals surface area contributed by atoms with Gasteiger partial charge in [0.2, 0.25) is 0 Å². The molecule has 1 fully saturated rings. The molecular weight excluding hydrogens is 498 g/mol. The van der Waals surface area contributed by atoms with Crippen molar-refractivity contribution in [2.45, 2.75) is 31.3 Å². The van der Waals surface area contributed by atoms with Crippen LogP contribution in [0.2, 0.25) is 0 Å². The van der Waals surface area contributed by atoms with Gasteiger partial charge in [-0.1, -0.05) is 12.1 Å². The maximum atomic E-state index is 12.0. The van der Waals surface area contributed by atoms with Crippen molar-refractivity contribution in [1.29, 1.82) is 0 Å². The second kappa shape index (κ2) is 9.54. The molecule has 4 aromatic rings. The number of hydrogen-bond donors (Lipinski definition) is 2. The first kappa shape index (κ1) is 25.1. The zero-order valence-corrected chi connectivity index (χ0v) is 22.4. The Balaban J connectivity index is 1.53. The fourth-order valence-electron chi connectivity index (χ4n) is 6.63. The summed E-state index contributed by atoms with van der Waals surface area (Å²) in [5, 5.41) is 24.4. The van der Waals surface area contributed by atoms with Gasteiger partial charge in [-0.2, -0.15) is 0 Å². The lowest BCUT2D eigenvalue weighted by Gasteiger charge is -2.33. The molecule has 2 atom stereocenters. The number of nitrogens with zero attached hydrogens (tertiary/aromatic N) is 1. The molecule has 2 N–H and O–H groups in total. The van der Waals surface area contributed by atoms with Crippen LogP contribution < -0.4 is 18.9 Å². The first-order chi connectivity index (χ1) is 18.9. The molecule has 0 aromatic heterocycles. The normalized spacial score (nSPS) is 18.6. The van der Waals surface area contributed by atoms with E-state index in [1.165, 1.54) is 17.2 Å². The van der Waals surface area contributed by atoms with E-state index in [0.29, 0.717) is 41.7 Å². The number of methoxy groups -OCH3 is 4. The molecule has 0 radical (unpaired) electrons. The quantitative estimate of drug-likeness (QED) is 0.323. The van der Waals surface area contributed by atoms with Gasteiger partial charge in [-0.15, -0.1) is 0 Å². The van der Waals surface area contributed by atoms with Crippen LogP contribution in [-0.4, -0.2) is 62.1 Å². The number of benzene rings is 4. The summed E-state index contributed by atoms with van der Waals surface area (Å²) in [5.41, 5.74) is 3.16. The Morgan fingerprint density at radius 3 is 1.90 bits per heavy atom. The number of carboxylic acid groups (broad SMARTS) is 1. The lowest BCUT2D eigenvalue weighted by atomic mass is 9.84. The minimum Gasteiger partial charge on any atom is -0.507 e. The van der Waals surface area contributed by atoms with Crippen LogP contribution >= 0.6 is 0 Å². The molecule has 2 unspecified atom stereocenters. The topological polar surface area (TPSA) is 97.7 Å². The molecule has 0 spiro atoms. The summed E-state index contributed by atoms with van der Waals surface area (Å²) in [5.74, 6) is 1.36. The smallest absolute Gasteiger partial charge is 0.339 e. The van der Waals surface area contributed by atoms with E-state index in [2.05, 4.69) is 17.0 Å². The lowest BCUT2D eigenvalue weighted by molar-refractivity contribution is 0.0692. The number of aromatic carboxylic acids is 1. The Morgan fingerprint density at radius 2 is 1.36 bits per heavy atom. The summed E-state index contributed by atoms with van der Waals surface area (Å²) in [6.45, 7) is 1.43. The van der Waals surface area contributed by atoms with Crippen molar-refractivity contribution in [1.82, 2.24) is 4.90 Å². The summed E-state index contributed by atoms with van der Waals surface area (Å²) < 4.78 is 22.7. The van der Waals surface area contributed by atoms with Crippen molar-refractivity contribution in [2.24, 2.45) is 0 Å². The van der Waals surface area contributed by atoms with Crippen LogP contribution in [0.4, 0.5) is 0 Å². The highest BCUT2D eigenvalue weighted by molar-refractivity contribution is 6.13. The molecule has 4 aromatic carbocycles. The first-order valence-corrected chi connectivity index (χ1v) is 12.9. The maximum absolute atomic E-state index is 12.0. The zero-order valence-electron chi connectivity index (χ0n) is 22.4. The van der Waals surface area contributed by atoms with Gasteiger partial charge in [0, 0.05) is 19.1 Å². The minimum absolute atomic E-state index is 0.00398. The molecule has 2 aliphatic heterocycles. The molecule has 0 amide bonds. The van der Waals surface area contributed by atoms with Gasteiger partial charge in [0.25, 0.3) is 0 Å². The highest BCUT2D eigenvalue weighted by Gasteiger charge is 2.39. The standard InChI is InChI=1S/C31H31NO7/c1-36-26-10-20-19-9-17-8-16(18-6-5-7-25(33)30(18)31(34)35)14-32(17)15-24(19)23-13-29(39-4)28(38-3)12-22(23)21(20)11-27(26)37-2/h5-7,10-13,16-17,33H,8-9,14-15H2,1-4H3,(H,34,35). The number of ether oxygens (including phenoxy) is 4. The SMILES string of the molecule is COc1cc2c3c(c4cc(OC)c(OC)cc4c2cc1OC)CN1CC(c2cccc(O)c2C(=O)O)CC1C3. The molecular formula is C31H31NO7. The average molecular weight is 530 g/mol. The molecule has 0 aliphatic carbocycles. The molecule has 202 valence electrons. The number of hydrogen-bond acceptors (Lipinski definition) is 7. The van der Waals surface area contributed by atoms with Crippen LogP contribution in [0.5, 0.6) is 28.7 Å². The van der Waals surface area contributed by atoms with Gasteiger partial charge in [-0.05, 0) is 87.3 Å². The predicted molar refractivity (Wildman–Crippen MR) is 148 cm³/mol. The second-order valence-corrected chi connectivity index (χ2v) is 10.2. The Kier molecular flexibility index (Phi) is 6.14. The third-order valence-electron chi connectivity index (χ3n) is 8.41. The van der Waals surface area contributed by atoms with Gasteiger partial charge in [0.1, 0.15) is 11.3 Å². The van der Waals surface area contributed by atoms with Crippen molar-refractivity contribution >= 4 is 27.5 Å². The van der Waals surface area contributed by atoms with Gasteiger partial charge in [0.15, 0.2) is 23.0 Å². The summed E-state index contributed by atoms with van der Waals surface area (Å²) in [4.78, 5) is 14.4. The van der Waals surface area contributed by atoms with Crippen molar-refractivity contribution in [2.75, 3.05) is 35.0 Å². The minimum atomic E-state index is -1.10. The Morgan fingerprint density at radius 1 is 0.821 bits per heavy atom. The number of rotatable bonds is 6. The number of fused-ring (bicyclic) bond motifs is 7. The molecule has 2 aliphatic rings. The van der Waals surface area contributed by atoms with E-state index in [9.17, 15) is 15.0 Å². The summed E-state index contributed by atoms with van der Waals surface area (Å²) >= 11 is 0. The molecule has 2 heterocycles. The molecule has 8 nitrogen and oxygen atoms in total. The van der Waals surface area contributed by atoms with Crippen molar-refractivity contribution in [3.05, 3.63) is 64.7 Å². The molecule has 1 saturated heterocycles. The van der Waals surface area contributed by atoms with Crippen LogP contribution in [-0.2, 0) is 13.0 Å². The van der Waals surface area contributed by atoms with E-state index in [1.807, 2.05) is 18.2 Å². The maximum Gasteiger partial charge on any atom is 0.339 e. The van der Waals surface area contributed by atoms with Gasteiger partial charge >= 0.3 is 5.97 Å². The Bertz CT molecular complexity index is 1540.